The van der Waals surface area contributed by atoms with Gasteiger partial charge in [-0.15, -0.1) is 0 Å². The predicted octanol–water partition coefficient (Wildman–Crippen LogP) is 6.27. The van der Waals surface area contributed by atoms with E-state index in [1.807, 2.05) is 37.8 Å². The Morgan fingerprint density at radius 3 is 2.40 bits per heavy atom. The molecule has 0 aromatic heterocycles. The number of carbonyl (C=O) groups excluding carboxylic acids is 2. The van der Waals surface area contributed by atoms with Gasteiger partial charge in [0.25, 0.3) is 0 Å². The van der Waals surface area contributed by atoms with Crippen molar-refractivity contribution < 1.29 is 19.1 Å². The summed E-state index contributed by atoms with van der Waals surface area (Å²) in [6, 6.07) is 5.58. The molecule has 30 heavy (non-hydrogen) atoms. The Kier molecular flexibility index (Phi) is 8.60. The first-order valence-corrected chi connectivity index (χ1v) is 11.3. The van der Waals surface area contributed by atoms with Gasteiger partial charge in [-0.25, -0.2) is 9.59 Å². The molecule has 1 fully saturated rings. The van der Waals surface area contributed by atoms with E-state index >= 15 is 0 Å². The largest absolute Gasteiger partial charge is 0.462 e. The zero-order valence-corrected chi connectivity index (χ0v) is 19.8. The average molecular weight is 438 g/mol. The van der Waals surface area contributed by atoms with Crippen LogP contribution in [0, 0.1) is 5.41 Å². The molecule has 1 aliphatic heterocycles. The van der Waals surface area contributed by atoms with Crippen molar-refractivity contribution in [1.82, 2.24) is 4.90 Å². The highest BCUT2D eigenvalue weighted by molar-refractivity contribution is 6.33. The number of benzene rings is 1. The molecule has 0 N–H and O–H groups in total. The number of carbonyl (C=O) groups is 2. The number of unbranched alkanes of at least 4 members (excludes halogenated alkanes) is 1. The Labute approximate surface area is 186 Å². The van der Waals surface area contributed by atoms with Crippen LogP contribution in [0.4, 0.5) is 4.79 Å². The lowest BCUT2D eigenvalue weighted by molar-refractivity contribution is 0.0108. The smallest absolute Gasteiger partial charge is 0.410 e. The molecule has 6 heteroatoms. The first-order chi connectivity index (χ1) is 14.0. The topological polar surface area (TPSA) is 55.8 Å². The SMILES string of the molecule is CCOC(=O)c1ccc(CCCCC2(C)CCN(C(=O)OC(C)(C)C)CC2)cc1Cl. The predicted molar refractivity (Wildman–Crippen MR) is 120 cm³/mol. The number of halogens is 1. The maximum absolute atomic E-state index is 12.2. The molecule has 0 aliphatic carbocycles. The highest BCUT2D eigenvalue weighted by Crippen LogP contribution is 2.36. The van der Waals surface area contributed by atoms with Crippen molar-refractivity contribution in [2.75, 3.05) is 19.7 Å². The van der Waals surface area contributed by atoms with Crippen molar-refractivity contribution in [2.24, 2.45) is 5.41 Å². The molecular formula is C24H36ClNO4. The summed E-state index contributed by atoms with van der Waals surface area (Å²) in [5.74, 6) is -0.375. The molecule has 1 aliphatic rings. The molecule has 1 saturated heterocycles. The van der Waals surface area contributed by atoms with Crippen LogP contribution < -0.4 is 0 Å². The van der Waals surface area contributed by atoms with Gasteiger partial charge in [-0.3, -0.25) is 0 Å². The molecule has 5 nitrogen and oxygen atoms in total. The Balaban J connectivity index is 1.75. The lowest BCUT2D eigenvalue weighted by Crippen LogP contribution is -2.44. The molecule has 0 unspecified atom stereocenters. The maximum Gasteiger partial charge on any atom is 0.410 e. The van der Waals surface area contributed by atoms with E-state index in [0.717, 1.165) is 57.2 Å². The minimum Gasteiger partial charge on any atom is -0.462 e. The van der Waals surface area contributed by atoms with Crippen LogP contribution in [0.25, 0.3) is 0 Å². The van der Waals surface area contributed by atoms with E-state index in [0.29, 0.717) is 17.2 Å². The number of rotatable bonds is 7. The third-order valence-corrected chi connectivity index (χ3v) is 5.96. The normalized spacial score (nSPS) is 16.3. The molecule has 0 bridgehead atoms. The molecule has 0 saturated carbocycles. The molecule has 1 aromatic rings. The Bertz CT molecular complexity index is 733. The molecular weight excluding hydrogens is 402 g/mol. The maximum atomic E-state index is 12.2. The summed E-state index contributed by atoms with van der Waals surface area (Å²) in [5.41, 5.74) is 1.38. The van der Waals surface area contributed by atoms with Gasteiger partial charge in [0.15, 0.2) is 0 Å². The third kappa shape index (κ3) is 7.50. The monoisotopic (exact) mass is 437 g/mol. The van der Waals surface area contributed by atoms with Gasteiger partial charge in [0.2, 0.25) is 0 Å². The summed E-state index contributed by atoms with van der Waals surface area (Å²) < 4.78 is 10.5. The summed E-state index contributed by atoms with van der Waals surface area (Å²) in [5, 5.41) is 0.451. The summed E-state index contributed by atoms with van der Waals surface area (Å²) in [7, 11) is 0. The lowest BCUT2D eigenvalue weighted by atomic mass is 9.76. The van der Waals surface area contributed by atoms with Crippen LogP contribution in [-0.2, 0) is 15.9 Å². The van der Waals surface area contributed by atoms with E-state index < -0.39 is 5.60 Å². The van der Waals surface area contributed by atoms with Gasteiger partial charge in [0, 0.05) is 13.1 Å². The molecule has 0 spiro atoms. The molecule has 1 amide bonds. The second kappa shape index (κ2) is 10.5. The average Bonchev–Trinajstić information content (AvgIpc) is 2.64. The van der Waals surface area contributed by atoms with E-state index in [2.05, 4.69) is 6.92 Å². The molecule has 0 atom stereocenters. The van der Waals surface area contributed by atoms with Crippen molar-refractivity contribution in [3.05, 3.63) is 34.3 Å². The summed E-state index contributed by atoms with van der Waals surface area (Å²) in [4.78, 5) is 25.9. The van der Waals surface area contributed by atoms with Crippen LogP contribution in [0.1, 0.15) is 82.6 Å². The highest BCUT2D eigenvalue weighted by Gasteiger charge is 2.33. The zero-order chi connectivity index (χ0) is 22.4. The fourth-order valence-electron chi connectivity index (χ4n) is 3.78. The number of amides is 1. The van der Waals surface area contributed by atoms with Gasteiger partial charge >= 0.3 is 12.1 Å². The van der Waals surface area contributed by atoms with Crippen molar-refractivity contribution in [3.8, 4) is 0 Å². The van der Waals surface area contributed by atoms with Gasteiger partial charge in [-0.05, 0) is 82.9 Å². The van der Waals surface area contributed by atoms with E-state index in [1.165, 1.54) is 0 Å². The number of hydrogen-bond donors (Lipinski definition) is 0. The number of hydrogen-bond acceptors (Lipinski definition) is 4. The zero-order valence-electron chi connectivity index (χ0n) is 19.1. The van der Waals surface area contributed by atoms with Gasteiger partial charge in [0.1, 0.15) is 5.60 Å². The minimum absolute atomic E-state index is 0.201. The number of aryl methyl sites for hydroxylation is 1. The van der Waals surface area contributed by atoms with Crippen molar-refractivity contribution in [3.63, 3.8) is 0 Å². The fraction of sp³-hybridized carbons (Fsp3) is 0.667. The van der Waals surface area contributed by atoms with Crippen molar-refractivity contribution in [2.45, 2.75) is 78.7 Å². The van der Waals surface area contributed by atoms with Gasteiger partial charge in [-0.1, -0.05) is 31.0 Å². The summed E-state index contributed by atoms with van der Waals surface area (Å²) in [6.45, 7) is 11.7. The Hall–Kier alpha value is -1.75. The van der Waals surface area contributed by atoms with Gasteiger partial charge in [-0.2, -0.15) is 0 Å². The molecule has 168 valence electrons. The summed E-state index contributed by atoms with van der Waals surface area (Å²) >= 11 is 6.25. The van der Waals surface area contributed by atoms with E-state index in [-0.39, 0.29) is 17.5 Å². The molecule has 2 rings (SSSR count). The molecule has 0 radical (unpaired) electrons. The number of ether oxygens (including phenoxy) is 2. The van der Waals surface area contributed by atoms with E-state index in [9.17, 15) is 9.59 Å². The highest BCUT2D eigenvalue weighted by atomic mass is 35.5. The first kappa shape index (κ1) is 24.5. The van der Waals surface area contributed by atoms with E-state index in [1.54, 1.807) is 13.0 Å². The van der Waals surface area contributed by atoms with Crippen molar-refractivity contribution in [1.29, 1.82) is 0 Å². The summed E-state index contributed by atoms with van der Waals surface area (Å²) in [6.07, 6.45) is 6.08. The van der Waals surface area contributed by atoms with Crippen LogP contribution in [-0.4, -0.2) is 42.3 Å². The second-order valence-electron chi connectivity index (χ2n) is 9.52. The lowest BCUT2D eigenvalue weighted by Gasteiger charge is -2.40. The van der Waals surface area contributed by atoms with Crippen LogP contribution in [0.3, 0.4) is 0 Å². The third-order valence-electron chi connectivity index (χ3n) is 5.65. The van der Waals surface area contributed by atoms with Crippen LogP contribution in [0.2, 0.25) is 5.02 Å². The molecule has 1 heterocycles. The van der Waals surface area contributed by atoms with Crippen LogP contribution in [0.15, 0.2) is 18.2 Å². The van der Waals surface area contributed by atoms with Crippen LogP contribution >= 0.6 is 11.6 Å². The van der Waals surface area contributed by atoms with Crippen molar-refractivity contribution >= 4 is 23.7 Å². The van der Waals surface area contributed by atoms with E-state index in [4.69, 9.17) is 21.1 Å². The van der Waals surface area contributed by atoms with Gasteiger partial charge < -0.3 is 14.4 Å². The quantitative estimate of drug-likeness (QED) is 0.372. The molecule has 1 aromatic carbocycles. The standard InChI is InChI=1S/C24H36ClNO4/c1-6-29-21(27)19-11-10-18(17-20(19)25)9-7-8-12-24(5)13-15-26(16-14-24)22(28)30-23(2,3)4/h10-11,17H,6-9,12-16H2,1-5H3. The number of nitrogens with zero attached hydrogens (tertiary/aromatic N) is 1. The minimum atomic E-state index is -0.449. The van der Waals surface area contributed by atoms with Gasteiger partial charge in [0.05, 0.1) is 17.2 Å². The Morgan fingerprint density at radius 1 is 1.17 bits per heavy atom. The Morgan fingerprint density at radius 2 is 1.83 bits per heavy atom. The number of likely N-dealkylation sites (tertiary alicyclic amines) is 1. The second-order valence-corrected chi connectivity index (χ2v) is 9.93. The first-order valence-electron chi connectivity index (χ1n) is 11.0. The number of piperidine rings is 1. The number of esters is 1. The fourth-order valence-corrected chi connectivity index (χ4v) is 4.06. The van der Waals surface area contributed by atoms with Crippen LogP contribution in [0.5, 0.6) is 0 Å².